The molecule has 0 radical (unpaired) electrons. The smallest absolute Gasteiger partial charge is 0.433 e. The van der Waals surface area contributed by atoms with Gasteiger partial charge in [0.05, 0.1) is 28.6 Å². The summed E-state index contributed by atoms with van der Waals surface area (Å²) >= 11 is 1.31. The first kappa shape index (κ1) is 30.2. The molecule has 6 rings (SSSR count). The highest BCUT2D eigenvalue weighted by Gasteiger charge is 2.72. The number of likely N-dealkylation sites (tertiary alicyclic amines) is 2. The monoisotopic (exact) mass is 626 g/mol. The maximum Gasteiger partial charge on any atom is 0.433 e. The predicted octanol–water partition coefficient (Wildman–Crippen LogP) is 6.85. The normalized spacial score (nSPS) is 22.3. The molecule has 2 aliphatic heterocycles. The third-order valence-electron chi connectivity index (χ3n) is 8.60. The number of ether oxygens (including phenoxy) is 1. The Bertz CT molecular complexity index is 1730. The maximum absolute atomic E-state index is 14.0. The van der Waals surface area contributed by atoms with E-state index in [0.29, 0.717) is 51.3 Å². The number of carbonyl (C=O) groups is 3. The Kier molecular flexibility index (Phi) is 6.95. The molecule has 44 heavy (non-hydrogen) atoms. The van der Waals surface area contributed by atoms with Crippen LogP contribution in [0.4, 0.5) is 18.0 Å². The van der Waals surface area contributed by atoms with Gasteiger partial charge in [0.1, 0.15) is 11.3 Å². The summed E-state index contributed by atoms with van der Waals surface area (Å²) in [6.07, 6.45) is -1.20. The number of amides is 3. The number of hydrogen-bond acceptors (Lipinski definition) is 7. The lowest BCUT2D eigenvalue weighted by molar-refractivity contribution is -0.144. The second-order valence-electron chi connectivity index (χ2n) is 13.3. The zero-order chi connectivity index (χ0) is 31.9. The number of piperidine rings is 1. The second kappa shape index (κ2) is 10.1. The van der Waals surface area contributed by atoms with Crippen LogP contribution in [-0.4, -0.2) is 56.4 Å². The van der Waals surface area contributed by atoms with Crippen LogP contribution in [-0.2, 0) is 27.0 Å². The summed E-state index contributed by atoms with van der Waals surface area (Å²) in [6, 6.07) is 4.51. The number of aromatic nitrogens is 2. The first-order chi connectivity index (χ1) is 20.5. The largest absolute Gasteiger partial charge is 0.444 e. The van der Waals surface area contributed by atoms with Crippen molar-refractivity contribution in [2.45, 2.75) is 66.3 Å². The summed E-state index contributed by atoms with van der Waals surface area (Å²) in [4.78, 5) is 50.4. The quantitative estimate of drug-likeness (QED) is 0.294. The molecule has 1 saturated carbocycles. The minimum Gasteiger partial charge on any atom is -0.444 e. The molecule has 3 aliphatic rings. The van der Waals surface area contributed by atoms with Gasteiger partial charge < -0.3 is 9.64 Å². The van der Waals surface area contributed by atoms with Gasteiger partial charge >= 0.3 is 12.3 Å². The second-order valence-corrected chi connectivity index (χ2v) is 14.5. The molecule has 3 amide bonds. The van der Waals surface area contributed by atoms with E-state index in [9.17, 15) is 27.6 Å². The van der Waals surface area contributed by atoms with Crippen molar-refractivity contribution in [2.75, 3.05) is 13.1 Å². The Hall–Kier alpha value is -3.80. The van der Waals surface area contributed by atoms with Crippen LogP contribution < -0.4 is 0 Å². The van der Waals surface area contributed by atoms with Crippen LogP contribution in [0.3, 0.4) is 0 Å². The van der Waals surface area contributed by atoms with Crippen molar-refractivity contribution in [1.82, 2.24) is 19.8 Å². The van der Waals surface area contributed by atoms with E-state index < -0.39 is 23.6 Å². The molecule has 2 saturated heterocycles. The Labute approximate surface area is 256 Å². The summed E-state index contributed by atoms with van der Waals surface area (Å²) < 4.78 is 48.0. The lowest BCUT2D eigenvalue weighted by Crippen LogP contribution is -2.35. The van der Waals surface area contributed by atoms with Crippen LogP contribution in [0.2, 0.25) is 0 Å². The highest BCUT2D eigenvalue weighted by atomic mass is 32.1. The molecular weight excluding hydrogens is 593 g/mol. The van der Waals surface area contributed by atoms with Gasteiger partial charge in [-0.15, -0.1) is 11.3 Å². The number of halogens is 3. The molecule has 8 nitrogen and oxygen atoms in total. The number of hydrogen-bond donors (Lipinski definition) is 0. The first-order valence-electron chi connectivity index (χ1n) is 14.4. The van der Waals surface area contributed by atoms with Crippen LogP contribution in [0, 0.1) is 24.2 Å². The molecule has 0 N–H and O–H groups in total. The van der Waals surface area contributed by atoms with Crippen LogP contribution in [0.25, 0.3) is 27.4 Å². The average molecular weight is 627 g/mol. The van der Waals surface area contributed by atoms with Crippen molar-refractivity contribution in [3.63, 3.8) is 0 Å². The van der Waals surface area contributed by atoms with Crippen molar-refractivity contribution in [1.29, 1.82) is 0 Å². The van der Waals surface area contributed by atoms with E-state index in [0.717, 1.165) is 11.6 Å². The van der Waals surface area contributed by atoms with Gasteiger partial charge in [-0.1, -0.05) is 19.9 Å². The van der Waals surface area contributed by atoms with Crippen LogP contribution in [0.1, 0.15) is 62.9 Å². The molecule has 3 aromatic heterocycles. The molecule has 2 unspecified atom stereocenters. The number of pyridine rings is 2. The van der Waals surface area contributed by atoms with Gasteiger partial charge in [0, 0.05) is 41.0 Å². The number of rotatable bonds is 4. The third-order valence-corrected chi connectivity index (χ3v) is 9.74. The standard InChI is InChI=1S/C32H33F3N4O4S/c1-16-20(11-17-8-10-38(14-17)29(42)43-30(2,3)4)21(13-23(37-16)32(33,34)35)19-7-9-36-22-12-18(44-26(19)22)15-39-27(40)24-25(28(39)41)31(24,5)6/h7,9,11-13,24-25H,8,10,14-15H2,1-6H3/b17-11+. The molecule has 3 aromatic rings. The molecule has 5 heterocycles. The molecular formula is C32H33F3N4O4S. The number of thiophene rings is 1. The van der Waals surface area contributed by atoms with Crippen molar-refractivity contribution < 1.29 is 32.3 Å². The minimum atomic E-state index is -4.66. The molecule has 1 aliphatic carbocycles. The number of imide groups is 1. The van der Waals surface area contributed by atoms with Gasteiger partial charge in [0.15, 0.2) is 0 Å². The van der Waals surface area contributed by atoms with Crippen LogP contribution in [0.15, 0.2) is 30.0 Å². The highest BCUT2D eigenvalue weighted by Crippen LogP contribution is 2.63. The van der Waals surface area contributed by atoms with E-state index in [4.69, 9.17) is 4.74 Å². The first-order valence-corrected chi connectivity index (χ1v) is 15.3. The van der Waals surface area contributed by atoms with E-state index in [1.165, 1.54) is 22.4 Å². The molecule has 232 valence electrons. The van der Waals surface area contributed by atoms with Crippen LogP contribution in [0.5, 0.6) is 0 Å². The van der Waals surface area contributed by atoms with E-state index in [1.54, 1.807) is 44.7 Å². The lowest BCUT2D eigenvalue weighted by Gasteiger charge is -2.24. The third kappa shape index (κ3) is 5.27. The van der Waals surface area contributed by atoms with Gasteiger partial charge in [-0.05, 0) is 68.9 Å². The zero-order valence-electron chi connectivity index (χ0n) is 25.3. The molecule has 0 spiro atoms. The Morgan fingerprint density at radius 3 is 2.45 bits per heavy atom. The maximum atomic E-state index is 14.0. The van der Waals surface area contributed by atoms with Gasteiger partial charge in [0.25, 0.3) is 0 Å². The van der Waals surface area contributed by atoms with Gasteiger partial charge in [-0.3, -0.25) is 19.5 Å². The summed E-state index contributed by atoms with van der Waals surface area (Å²) in [7, 11) is 0. The van der Waals surface area contributed by atoms with Gasteiger partial charge in [-0.2, -0.15) is 13.2 Å². The fourth-order valence-electron chi connectivity index (χ4n) is 6.31. The minimum absolute atomic E-state index is 0.0990. The van der Waals surface area contributed by atoms with Gasteiger partial charge in [-0.25, -0.2) is 9.78 Å². The molecule has 2 atom stereocenters. The van der Waals surface area contributed by atoms with E-state index in [-0.39, 0.29) is 41.3 Å². The fraction of sp³-hybridized carbons (Fsp3) is 0.469. The SMILES string of the molecule is Cc1nc(C(F)(F)F)cc(-c2ccnc3cc(CN4C(=O)C5C(C4=O)C5(C)C)sc23)c1/C=C1\CCN(C(=O)OC(C)(C)C)C1. The van der Waals surface area contributed by atoms with Crippen molar-refractivity contribution in [3.05, 3.63) is 51.8 Å². The van der Waals surface area contributed by atoms with Crippen molar-refractivity contribution in [3.8, 4) is 11.1 Å². The number of carbonyl (C=O) groups excluding carboxylic acids is 3. The summed E-state index contributed by atoms with van der Waals surface area (Å²) in [5.74, 6) is -0.950. The number of nitrogens with zero attached hydrogens (tertiary/aromatic N) is 4. The highest BCUT2D eigenvalue weighted by molar-refractivity contribution is 7.19. The topological polar surface area (TPSA) is 92.7 Å². The predicted molar refractivity (Wildman–Crippen MR) is 159 cm³/mol. The molecule has 0 aromatic carbocycles. The van der Waals surface area contributed by atoms with Crippen molar-refractivity contribution >= 4 is 45.5 Å². The van der Waals surface area contributed by atoms with E-state index in [2.05, 4.69) is 9.97 Å². The fourth-order valence-corrected chi connectivity index (χ4v) is 7.44. The Balaban J connectivity index is 1.37. The lowest BCUT2D eigenvalue weighted by atomic mass is 9.96. The number of fused-ring (bicyclic) bond motifs is 2. The molecule has 12 heteroatoms. The van der Waals surface area contributed by atoms with E-state index >= 15 is 0 Å². The number of aryl methyl sites for hydroxylation is 1. The summed E-state index contributed by atoms with van der Waals surface area (Å²) in [5.41, 5.74) is 1.06. The van der Waals surface area contributed by atoms with Crippen LogP contribution >= 0.6 is 11.3 Å². The average Bonchev–Trinajstić information content (AvgIpc) is 3.31. The molecule has 0 bridgehead atoms. The summed E-state index contributed by atoms with van der Waals surface area (Å²) in [5, 5.41) is 0. The van der Waals surface area contributed by atoms with E-state index in [1.807, 2.05) is 19.9 Å². The number of alkyl halides is 3. The Morgan fingerprint density at radius 2 is 1.82 bits per heavy atom. The summed E-state index contributed by atoms with van der Waals surface area (Å²) in [6.45, 7) is 11.6. The zero-order valence-corrected chi connectivity index (χ0v) is 26.2. The Morgan fingerprint density at radius 1 is 1.14 bits per heavy atom. The van der Waals surface area contributed by atoms with Crippen molar-refractivity contribution in [2.24, 2.45) is 17.3 Å². The molecule has 3 fully saturated rings. The van der Waals surface area contributed by atoms with Gasteiger partial charge in [0.2, 0.25) is 11.8 Å².